The highest BCUT2D eigenvalue weighted by Crippen LogP contribution is 2.26. The molecule has 1 unspecified atom stereocenters. The van der Waals surface area contributed by atoms with Crippen molar-refractivity contribution in [3.63, 3.8) is 0 Å². The highest BCUT2D eigenvalue weighted by Gasteiger charge is 2.42. The van der Waals surface area contributed by atoms with Crippen LogP contribution in [0.5, 0.6) is 0 Å². The van der Waals surface area contributed by atoms with Crippen LogP contribution in [0.1, 0.15) is 52.5 Å². The van der Waals surface area contributed by atoms with E-state index < -0.39 is 24.6 Å². The zero-order valence-corrected chi connectivity index (χ0v) is 18.3. The van der Waals surface area contributed by atoms with Crippen LogP contribution >= 0.6 is 0 Å². The van der Waals surface area contributed by atoms with E-state index in [4.69, 9.17) is 18.9 Å². The Hall–Kier alpha value is -1.96. The van der Waals surface area contributed by atoms with Gasteiger partial charge >= 0.3 is 11.9 Å². The highest BCUT2D eigenvalue weighted by molar-refractivity contribution is 5.70. The topological polar surface area (TPSA) is 91.3 Å². The van der Waals surface area contributed by atoms with Crippen LogP contribution in [0.15, 0.2) is 30.3 Å². The summed E-state index contributed by atoms with van der Waals surface area (Å²) in [6, 6.07) is 9.58. The minimum absolute atomic E-state index is 0.0830. The van der Waals surface area contributed by atoms with Crippen molar-refractivity contribution in [2.45, 2.75) is 78.2 Å². The second-order valence-electron chi connectivity index (χ2n) is 8.53. The Morgan fingerprint density at radius 1 is 1.07 bits per heavy atom. The molecule has 1 heterocycles. The fourth-order valence-corrected chi connectivity index (χ4v) is 3.26. The van der Waals surface area contributed by atoms with Gasteiger partial charge in [0.2, 0.25) is 0 Å². The molecule has 1 N–H and O–H groups in total. The van der Waals surface area contributed by atoms with E-state index in [1.165, 1.54) is 0 Å². The van der Waals surface area contributed by atoms with Crippen LogP contribution in [0.3, 0.4) is 0 Å². The molecule has 0 aliphatic carbocycles. The second-order valence-corrected chi connectivity index (χ2v) is 8.53. The number of carbonyl (C=O) groups excluding carboxylic acids is 2. The Morgan fingerprint density at radius 3 is 2.33 bits per heavy atom. The molecule has 1 aliphatic heterocycles. The molecule has 0 radical (unpaired) electrons. The smallest absolute Gasteiger partial charge is 0.306 e. The predicted molar refractivity (Wildman–Crippen MR) is 110 cm³/mol. The molecular weight excluding hydrogens is 388 g/mol. The maximum Gasteiger partial charge on any atom is 0.306 e. The average Bonchev–Trinajstić information content (AvgIpc) is 2.65. The number of esters is 2. The lowest BCUT2D eigenvalue weighted by Crippen LogP contribution is -2.53. The molecular formula is C23H34O7. The third-order valence-electron chi connectivity index (χ3n) is 4.63. The van der Waals surface area contributed by atoms with E-state index in [1.54, 1.807) is 0 Å². The molecule has 0 bridgehead atoms. The number of rotatable bonds is 10. The number of carbonyl (C=O) groups is 2. The van der Waals surface area contributed by atoms with E-state index in [-0.39, 0.29) is 56.3 Å². The van der Waals surface area contributed by atoms with Crippen molar-refractivity contribution in [2.75, 3.05) is 6.61 Å². The third kappa shape index (κ3) is 8.42. The summed E-state index contributed by atoms with van der Waals surface area (Å²) in [4.78, 5) is 24.2. The van der Waals surface area contributed by atoms with Crippen LogP contribution in [-0.2, 0) is 35.1 Å². The maximum atomic E-state index is 12.3. The Kier molecular flexibility index (Phi) is 9.75. The summed E-state index contributed by atoms with van der Waals surface area (Å²) in [5.74, 6) is -0.374. The minimum Gasteiger partial charge on any atom is -0.463 e. The summed E-state index contributed by atoms with van der Waals surface area (Å²) in [5.41, 5.74) is 0.950. The predicted octanol–water partition coefficient (Wildman–Crippen LogP) is 3.23. The van der Waals surface area contributed by atoms with E-state index in [0.717, 1.165) is 5.56 Å². The van der Waals surface area contributed by atoms with Crippen LogP contribution in [0.2, 0.25) is 0 Å². The van der Waals surface area contributed by atoms with Crippen molar-refractivity contribution in [1.82, 2.24) is 0 Å². The quantitative estimate of drug-likeness (QED) is 0.579. The molecule has 0 saturated carbocycles. The van der Waals surface area contributed by atoms with Gasteiger partial charge in [-0.25, -0.2) is 0 Å². The number of hydrogen-bond donors (Lipinski definition) is 1. The third-order valence-corrected chi connectivity index (χ3v) is 4.63. The normalized spacial score (nSPS) is 24.1. The Bertz CT molecular complexity index is 659. The first-order valence-electron chi connectivity index (χ1n) is 10.6. The van der Waals surface area contributed by atoms with Gasteiger partial charge in [-0.3, -0.25) is 9.59 Å². The van der Waals surface area contributed by atoms with Crippen LogP contribution in [-0.4, -0.2) is 48.3 Å². The van der Waals surface area contributed by atoms with Crippen molar-refractivity contribution >= 4 is 11.9 Å². The lowest BCUT2D eigenvalue weighted by Gasteiger charge is -2.39. The first-order valence-corrected chi connectivity index (χ1v) is 10.6. The van der Waals surface area contributed by atoms with Crippen molar-refractivity contribution in [3.05, 3.63) is 35.9 Å². The first kappa shape index (κ1) is 24.3. The number of benzene rings is 1. The van der Waals surface area contributed by atoms with Crippen LogP contribution in [0, 0.1) is 11.8 Å². The summed E-state index contributed by atoms with van der Waals surface area (Å²) in [6.45, 7) is 7.91. The molecule has 1 aromatic carbocycles. The number of aliphatic hydroxyl groups is 1. The zero-order chi connectivity index (χ0) is 22.1. The fourth-order valence-electron chi connectivity index (χ4n) is 3.26. The van der Waals surface area contributed by atoms with Crippen LogP contribution in [0.25, 0.3) is 0 Å². The van der Waals surface area contributed by atoms with Gasteiger partial charge in [0, 0.05) is 19.3 Å². The summed E-state index contributed by atoms with van der Waals surface area (Å²) >= 11 is 0. The molecule has 0 amide bonds. The van der Waals surface area contributed by atoms with E-state index in [1.807, 2.05) is 58.0 Å². The Morgan fingerprint density at radius 2 is 1.70 bits per heavy atom. The first-order chi connectivity index (χ1) is 14.2. The number of ether oxygens (including phenoxy) is 4. The molecule has 0 spiro atoms. The molecule has 7 nitrogen and oxygen atoms in total. The lowest BCUT2D eigenvalue weighted by atomic mass is 10.0. The molecule has 1 saturated heterocycles. The maximum absolute atomic E-state index is 12.3. The molecule has 4 atom stereocenters. The van der Waals surface area contributed by atoms with Gasteiger partial charge in [0.25, 0.3) is 0 Å². The van der Waals surface area contributed by atoms with Crippen LogP contribution < -0.4 is 0 Å². The summed E-state index contributed by atoms with van der Waals surface area (Å²) in [6.07, 6.45) is -2.59. The van der Waals surface area contributed by atoms with Crippen molar-refractivity contribution < 1.29 is 33.6 Å². The molecule has 1 aromatic rings. The number of aliphatic hydroxyl groups excluding tert-OH is 1. The van der Waals surface area contributed by atoms with Gasteiger partial charge in [-0.05, 0) is 17.4 Å². The summed E-state index contributed by atoms with van der Waals surface area (Å²) < 4.78 is 22.6. The van der Waals surface area contributed by atoms with Gasteiger partial charge in [-0.15, -0.1) is 0 Å². The zero-order valence-electron chi connectivity index (χ0n) is 18.3. The summed E-state index contributed by atoms with van der Waals surface area (Å²) in [7, 11) is 0. The molecule has 0 aromatic heterocycles. The van der Waals surface area contributed by atoms with E-state index in [9.17, 15) is 14.7 Å². The standard InChI is InChI=1S/C23H34O7/c1-15(2)10-20(24)27-14-19-23(28-13-17-8-6-5-7-9-17)18(12-22(26)30-19)29-21(25)11-16(3)4/h5-9,15-16,18-19,22-23,26H,10-14H2,1-4H3/t18-,19-,22?,23+/m1/s1. The van der Waals surface area contributed by atoms with Gasteiger partial charge in [-0.1, -0.05) is 58.0 Å². The highest BCUT2D eigenvalue weighted by atomic mass is 16.7. The van der Waals surface area contributed by atoms with E-state index in [2.05, 4.69) is 0 Å². The van der Waals surface area contributed by atoms with E-state index >= 15 is 0 Å². The molecule has 30 heavy (non-hydrogen) atoms. The second kappa shape index (κ2) is 12.0. The van der Waals surface area contributed by atoms with Gasteiger partial charge in [-0.2, -0.15) is 0 Å². The largest absolute Gasteiger partial charge is 0.463 e. The van der Waals surface area contributed by atoms with Crippen LogP contribution in [0.4, 0.5) is 0 Å². The molecule has 2 rings (SSSR count). The Balaban J connectivity index is 2.09. The van der Waals surface area contributed by atoms with Gasteiger partial charge in [0.1, 0.15) is 24.9 Å². The monoisotopic (exact) mass is 422 g/mol. The Labute approximate surface area is 178 Å². The van der Waals surface area contributed by atoms with Crippen molar-refractivity contribution in [3.8, 4) is 0 Å². The van der Waals surface area contributed by atoms with Crippen molar-refractivity contribution in [2.24, 2.45) is 11.8 Å². The molecule has 1 fully saturated rings. The lowest BCUT2D eigenvalue weighted by molar-refractivity contribution is -0.259. The molecule has 1 aliphatic rings. The molecule has 7 heteroatoms. The minimum atomic E-state index is -1.13. The fraction of sp³-hybridized carbons (Fsp3) is 0.652. The number of hydrogen-bond acceptors (Lipinski definition) is 7. The van der Waals surface area contributed by atoms with E-state index in [0.29, 0.717) is 0 Å². The van der Waals surface area contributed by atoms with Gasteiger partial charge in [0.05, 0.1) is 6.61 Å². The average molecular weight is 423 g/mol. The van der Waals surface area contributed by atoms with Gasteiger partial charge < -0.3 is 24.1 Å². The van der Waals surface area contributed by atoms with Crippen molar-refractivity contribution in [1.29, 1.82) is 0 Å². The molecule has 168 valence electrons. The SMILES string of the molecule is CC(C)CC(=O)OC[C@H]1OC(O)C[C@@H](OC(=O)CC(C)C)[C@@H]1OCc1ccccc1. The van der Waals surface area contributed by atoms with Gasteiger partial charge in [0.15, 0.2) is 6.29 Å². The summed E-state index contributed by atoms with van der Waals surface area (Å²) in [5, 5.41) is 10.1.